The molecular formula is C17H12F3N3O2. The topological polar surface area (TPSA) is 68.0 Å². The molecule has 3 aromatic rings. The Labute approximate surface area is 140 Å². The minimum Gasteiger partial charge on any atom is -0.339 e. The molecule has 0 atom stereocenters. The number of carbonyl (C=O) groups is 1. The van der Waals surface area contributed by atoms with Gasteiger partial charge in [-0.05, 0) is 24.3 Å². The Balaban J connectivity index is 1.88. The first-order valence-electron chi connectivity index (χ1n) is 7.23. The molecule has 1 amide bonds. The van der Waals surface area contributed by atoms with E-state index in [1.807, 2.05) is 0 Å². The molecule has 5 nitrogen and oxygen atoms in total. The van der Waals surface area contributed by atoms with Gasteiger partial charge >= 0.3 is 6.18 Å². The van der Waals surface area contributed by atoms with E-state index in [1.54, 1.807) is 19.1 Å². The third-order valence-corrected chi connectivity index (χ3v) is 3.39. The summed E-state index contributed by atoms with van der Waals surface area (Å²) in [5, 5.41) is 6.04. The highest BCUT2D eigenvalue weighted by molar-refractivity contribution is 6.05. The van der Waals surface area contributed by atoms with E-state index in [4.69, 9.17) is 4.52 Å². The lowest BCUT2D eigenvalue weighted by molar-refractivity contribution is -0.136. The number of aryl methyl sites for hydroxylation is 1. The van der Waals surface area contributed by atoms with Crippen molar-refractivity contribution in [2.24, 2.45) is 0 Å². The fraction of sp³-hybridized carbons (Fsp3) is 0.118. The highest BCUT2D eigenvalue weighted by Crippen LogP contribution is 2.34. The van der Waals surface area contributed by atoms with Crippen LogP contribution in [0, 0.1) is 6.92 Å². The van der Waals surface area contributed by atoms with E-state index in [0.29, 0.717) is 17.3 Å². The molecule has 2 aromatic carbocycles. The maximum absolute atomic E-state index is 13.0. The Bertz CT molecular complexity index is 919. The van der Waals surface area contributed by atoms with Crippen molar-refractivity contribution in [3.8, 4) is 11.4 Å². The number of alkyl halides is 3. The number of aromatic nitrogens is 2. The lowest BCUT2D eigenvalue weighted by Gasteiger charge is -2.13. The Hall–Kier alpha value is -3.16. The molecule has 8 heteroatoms. The summed E-state index contributed by atoms with van der Waals surface area (Å²) in [7, 11) is 0. The van der Waals surface area contributed by atoms with Crippen LogP contribution in [0.2, 0.25) is 0 Å². The molecule has 0 radical (unpaired) electrons. The summed E-state index contributed by atoms with van der Waals surface area (Å²) in [4.78, 5) is 16.4. The Morgan fingerprint density at radius 1 is 1.12 bits per heavy atom. The second kappa shape index (κ2) is 6.39. The average molecular weight is 347 g/mol. The van der Waals surface area contributed by atoms with Crippen LogP contribution in [0.1, 0.15) is 21.8 Å². The van der Waals surface area contributed by atoms with Crippen molar-refractivity contribution in [2.75, 3.05) is 5.32 Å². The lowest BCUT2D eigenvalue weighted by atomic mass is 10.1. The van der Waals surface area contributed by atoms with E-state index in [-0.39, 0.29) is 11.3 Å². The zero-order chi connectivity index (χ0) is 18.0. The van der Waals surface area contributed by atoms with Gasteiger partial charge in [0.1, 0.15) is 0 Å². The number of carbonyl (C=O) groups excluding carboxylic acids is 1. The summed E-state index contributed by atoms with van der Waals surface area (Å²) in [5.74, 6) is -0.00873. The molecule has 1 N–H and O–H groups in total. The van der Waals surface area contributed by atoms with Crippen molar-refractivity contribution in [3.05, 3.63) is 65.5 Å². The summed E-state index contributed by atoms with van der Waals surface area (Å²) in [6.07, 6.45) is -4.56. The number of hydrogen-bond acceptors (Lipinski definition) is 4. The van der Waals surface area contributed by atoms with Gasteiger partial charge in [-0.2, -0.15) is 18.2 Å². The summed E-state index contributed by atoms with van der Waals surface area (Å²) >= 11 is 0. The van der Waals surface area contributed by atoms with Crippen LogP contribution in [-0.2, 0) is 6.18 Å². The quantitative estimate of drug-likeness (QED) is 0.766. The number of hydrogen-bond donors (Lipinski definition) is 1. The molecule has 1 heterocycles. The van der Waals surface area contributed by atoms with Crippen LogP contribution >= 0.6 is 0 Å². The van der Waals surface area contributed by atoms with Gasteiger partial charge in [-0.1, -0.05) is 29.4 Å². The smallest absolute Gasteiger partial charge is 0.339 e. The molecule has 0 aliphatic rings. The Kier molecular flexibility index (Phi) is 4.26. The predicted octanol–water partition coefficient (Wildman–Crippen LogP) is 4.32. The Morgan fingerprint density at radius 2 is 1.88 bits per heavy atom. The molecule has 3 rings (SSSR count). The molecule has 0 bridgehead atoms. The molecule has 0 aliphatic heterocycles. The van der Waals surface area contributed by atoms with E-state index in [9.17, 15) is 18.0 Å². The first-order chi connectivity index (χ1) is 11.8. The average Bonchev–Trinajstić information content (AvgIpc) is 3.01. The maximum atomic E-state index is 13.0. The van der Waals surface area contributed by atoms with Crippen molar-refractivity contribution in [3.63, 3.8) is 0 Å². The van der Waals surface area contributed by atoms with Gasteiger partial charge in [0.05, 0.1) is 11.3 Å². The molecule has 0 saturated heterocycles. The SMILES string of the molecule is Cc1nc(-c2cccc(C(=O)Nc3ccccc3C(F)(F)F)c2)no1. The first-order valence-corrected chi connectivity index (χ1v) is 7.23. The molecular weight excluding hydrogens is 335 g/mol. The van der Waals surface area contributed by atoms with Gasteiger partial charge in [-0.25, -0.2) is 0 Å². The molecule has 1 aromatic heterocycles. The van der Waals surface area contributed by atoms with Crippen molar-refractivity contribution < 1.29 is 22.5 Å². The summed E-state index contributed by atoms with van der Waals surface area (Å²) < 4.78 is 43.9. The van der Waals surface area contributed by atoms with Gasteiger partial charge in [0, 0.05) is 18.1 Å². The molecule has 0 saturated carbocycles. The van der Waals surface area contributed by atoms with Crippen molar-refractivity contribution in [2.45, 2.75) is 13.1 Å². The van der Waals surface area contributed by atoms with Gasteiger partial charge in [0.15, 0.2) is 0 Å². The standard InChI is InChI=1S/C17H12F3N3O2/c1-10-21-15(23-25-10)11-5-4-6-12(9-11)16(24)22-14-8-3-2-7-13(14)17(18,19)20/h2-9H,1H3,(H,22,24). The predicted molar refractivity (Wildman–Crippen MR) is 83.9 cm³/mol. The Morgan fingerprint density at radius 3 is 2.56 bits per heavy atom. The fourth-order valence-electron chi connectivity index (χ4n) is 2.25. The van der Waals surface area contributed by atoms with E-state index in [1.165, 1.54) is 30.3 Å². The van der Waals surface area contributed by atoms with Crippen LogP contribution in [0.15, 0.2) is 53.1 Å². The van der Waals surface area contributed by atoms with Gasteiger partial charge in [0.2, 0.25) is 11.7 Å². The van der Waals surface area contributed by atoms with Gasteiger partial charge in [-0.15, -0.1) is 0 Å². The third kappa shape index (κ3) is 3.68. The van der Waals surface area contributed by atoms with Gasteiger partial charge in [-0.3, -0.25) is 4.79 Å². The molecule has 25 heavy (non-hydrogen) atoms. The number of para-hydroxylation sites is 1. The number of anilines is 1. The molecule has 0 fully saturated rings. The van der Waals surface area contributed by atoms with Crippen LogP contribution in [-0.4, -0.2) is 16.0 Å². The maximum Gasteiger partial charge on any atom is 0.418 e. The molecule has 0 aliphatic carbocycles. The second-order valence-electron chi connectivity index (χ2n) is 5.22. The molecule has 128 valence electrons. The molecule has 0 unspecified atom stereocenters. The lowest BCUT2D eigenvalue weighted by Crippen LogP contribution is -2.16. The number of amides is 1. The number of rotatable bonds is 3. The van der Waals surface area contributed by atoms with Crippen molar-refractivity contribution >= 4 is 11.6 Å². The van der Waals surface area contributed by atoms with Crippen LogP contribution in [0.3, 0.4) is 0 Å². The van der Waals surface area contributed by atoms with Crippen LogP contribution < -0.4 is 5.32 Å². The number of nitrogens with one attached hydrogen (secondary N) is 1. The first kappa shape index (κ1) is 16.7. The minimum atomic E-state index is -4.56. The molecule has 0 spiro atoms. The van der Waals surface area contributed by atoms with Crippen LogP contribution in [0.25, 0.3) is 11.4 Å². The van der Waals surface area contributed by atoms with Crippen LogP contribution in [0.5, 0.6) is 0 Å². The minimum absolute atomic E-state index is 0.178. The monoisotopic (exact) mass is 347 g/mol. The zero-order valence-corrected chi connectivity index (χ0v) is 13.0. The zero-order valence-electron chi connectivity index (χ0n) is 13.0. The highest BCUT2D eigenvalue weighted by atomic mass is 19.4. The highest BCUT2D eigenvalue weighted by Gasteiger charge is 2.33. The third-order valence-electron chi connectivity index (χ3n) is 3.39. The normalized spacial score (nSPS) is 11.4. The van der Waals surface area contributed by atoms with Gasteiger partial charge in [0.25, 0.3) is 5.91 Å². The number of nitrogens with zero attached hydrogens (tertiary/aromatic N) is 2. The van der Waals surface area contributed by atoms with Gasteiger partial charge < -0.3 is 9.84 Å². The van der Waals surface area contributed by atoms with E-state index in [0.717, 1.165) is 6.07 Å². The second-order valence-corrected chi connectivity index (χ2v) is 5.22. The van der Waals surface area contributed by atoms with Crippen molar-refractivity contribution in [1.29, 1.82) is 0 Å². The summed E-state index contributed by atoms with van der Waals surface area (Å²) in [6.45, 7) is 1.63. The van der Waals surface area contributed by atoms with E-state index >= 15 is 0 Å². The largest absolute Gasteiger partial charge is 0.418 e. The summed E-state index contributed by atoms with van der Waals surface area (Å²) in [5.41, 5.74) is -0.514. The number of benzene rings is 2. The fourth-order valence-corrected chi connectivity index (χ4v) is 2.25. The van der Waals surface area contributed by atoms with Crippen molar-refractivity contribution in [1.82, 2.24) is 10.1 Å². The summed E-state index contributed by atoms with van der Waals surface area (Å²) in [6, 6.07) is 11.0. The van der Waals surface area contributed by atoms with E-state index in [2.05, 4.69) is 15.5 Å². The number of halogens is 3. The van der Waals surface area contributed by atoms with E-state index < -0.39 is 17.6 Å². The van der Waals surface area contributed by atoms with Crippen LogP contribution in [0.4, 0.5) is 18.9 Å².